The average Bonchev–Trinajstić information content (AvgIpc) is 2.96. The summed E-state index contributed by atoms with van der Waals surface area (Å²) in [6, 6.07) is 10.5. The lowest BCUT2D eigenvalue weighted by atomic mass is 10.1. The first-order valence-electron chi connectivity index (χ1n) is 6.13. The third kappa shape index (κ3) is 3.19. The Hall–Kier alpha value is -2.27. The Morgan fingerprint density at radius 3 is 2.80 bits per heavy atom. The fourth-order valence-corrected chi connectivity index (χ4v) is 1.87. The van der Waals surface area contributed by atoms with Crippen LogP contribution < -0.4 is 4.74 Å². The Morgan fingerprint density at radius 2 is 2.10 bits per heavy atom. The van der Waals surface area contributed by atoms with Gasteiger partial charge in [-0.2, -0.15) is 0 Å². The first-order chi connectivity index (χ1) is 9.63. The molecule has 0 radical (unpaired) electrons. The van der Waals surface area contributed by atoms with Crippen molar-refractivity contribution in [1.82, 2.24) is 0 Å². The molecule has 1 N–H and O–H groups in total. The molecule has 2 rings (SSSR count). The van der Waals surface area contributed by atoms with Crippen LogP contribution in [0.2, 0.25) is 0 Å². The van der Waals surface area contributed by atoms with Gasteiger partial charge in [-0.3, -0.25) is 0 Å². The summed E-state index contributed by atoms with van der Waals surface area (Å²) < 4.78 is 14.9. The lowest BCUT2D eigenvalue weighted by Crippen LogP contribution is -2.02. The minimum Gasteiger partial charge on any atom is -0.497 e. The largest absolute Gasteiger partial charge is 0.497 e. The predicted molar refractivity (Wildman–Crippen MR) is 71.7 cm³/mol. The molecule has 0 saturated carbocycles. The van der Waals surface area contributed by atoms with Gasteiger partial charge in [0.15, 0.2) is 0 Å². The molecule has 1 aromatic carbocycles. The van der Waals surface area contributed by atoms with Crippen LogP contribution in [-0.4, -0.2) is 25.3 Å². The highest BCUT2D eigenvalue weighted by atomic mass is 16.5. The summed E-state index contributed by atoms with van der Waals surface area (Å²) >= 11 is 0. The third-order valence-electron chi connectivity index (χ3n) is 2.90. The molecule has 1 aromatic heterocycles. The summed E-state index contributed by atoms with van der Waals surface area (Å²) in [5, 5.41) is 10.1. The van der Waals surface area contributed by atoms with Gasteiger partial charge in [-0.05, 0) is 29.8 Å². The van der Waals surface area contributed by atoms with Gasteiger partial charge in [0.25, 0.3) is 0 Å². The highest BCUT2D eigenvalue weighted by Crippen LogP contribution is 2.23. The van der Waals surface area contributed by atoms with Crippen LogP contribution in [0.15, 0.2) is 40.8 Å². The number of carbonyl (C=O) groups is 1. The maximum atomic E-state index is 11.3. The summed E-state index contributed by atoms with van der Waals surface area (Å²) in [5.41, 5.74) is 0.910. The second-order valence-electron chi connectivity index (χ2n) is 4.27. The Balaban J connectivity index is 2.09. The molecule has 0 fully saturated rings. The minimum atomic E-state index is -0.833. The van der Waals surface area contributed by atoms with Gasteiger partial charge in [-0.15, -0.1) is 0 Å². The molecule has 1 unspecified atom stereocenters. The van der Waals surface area contributed by atoms with Crippen molar-refractivity contribution >= 4 is 5.97 Å². The topological polar surface area (TPSA) is 68.9 Å². The second kappa shape index (κ2) is 6.25. The zero-order valence-electron chi connectivity index (χ0n) is 11.3. The van der Waals surface area contributed by atoms with Crippen LogP contribution in [0, 0.1) is 0 Å². The van der Waals surface area contributed by atoms with E-state index in [1.165, 1.54) is 13.2 Å². The fourth-order valence-electron chi connectivity index (χ4n) is 1.87. The number of rotatable bonds is 5. The van der Waals surface area contributed by atoms with Crippen molar-refractivity contribution < 1.29 is 23.8 Å². The molecule has 0 aliphatic heterocycles. The van der Waals surface area contributed by atoms with Crippen molar-refractivity contribution in [2.45, 2.75) is 12.5 Å². The maximum absolute atomic E-state index is 11.3. The molecule has 0 saturated heterocycles. The van der Waals surface area contributed by atoms with Crippen molar-refractivity contribution in [1.29, 1.82) is 0 Å². The number of carbonyl (C=O) groups excluding carboxylic acids is 1. The SMILES string of the molecule is COC(=O)c1ccc(C(O)Cc2cccc(OC)c2)o1. The minimum absolute atomic E-state index is 0.0761. The number of hydrogen-bond donors (Lipinski definition) is 1. The van der Waals surface area contributed by atoms with Crippen molar-refractivity contribution in [2.24, 2.45) is 0 Å². The van der Waals surface area contributed by atoms with Crippen LogP contribution in [0.5, 0.6) is 5.75 Å². The van der Waals surface area contributed by atoms with Gasteiger partial charge in [0.1, 0.15) is 17.6 Å². The van der Waals surface area contributed by atoms with Gasteiger partial charge >= 0.3 is 5.97 Å². The molecule has 1 atom stereocenters. The molecule has 2 aromatic rings. The fraction of sp³-hybridized carbons (Fsp3) is 0.267. The first-order valence-corrected chi connectivity index (χ1v) is 6.13. The van der Waals surface area contributed by atoms with Crippen LogP contribution in [0.3, 0.4) is 0 Å². The van der Waals surface area contributed by atoms with E-state index in [0.29, 0.717) is 12.2 Å². The molecule has 0 spiro atoms. The third-order valence-corrected chi connectivity index (χ3v) is 2.90. The Kier molecular flexibility index (Phi) is 4.42. The van der Waals surface area contributed by atoms with E-state index < -0.39 is 12.1 Å². The molecule has 0 aliphatic carbocycles. The second-order valence-corrected chi connectivity index (χ2v) is 4.27. The molecule has 0 amide bonds. The summed E-state index contributed by atoms with van der Waals surface area (Å²) in [6.45, 7) is 0. The number of benzene rings is 1. The number of furan rings is 1. The molecular formula is C15H16O5. The number of hydrogen-bond acceptors (Lipinski definition) is 5. The maximum Gasteiger partial charge on any atom is 0.373 e. The number of esters is 1. The van der Waals surface area contributed by atoms with Gasteiger partial charge < -0.3 is 19.0 Å². The van der Waals surface area contributed by atoms with Crippen LogP contribution >= 0.6 is 0 Å². The Morgan fingerprint density at radius 1 is 1.30 bits per heavy atom. The van der Waals surface area contributed by atoms with E-state index >= 15 is 0 Å². The van der Waals surface area contributed by atoms with E-state index in [9.17, 15) is 9.90 Å². The summed E-state index contributed by atoms with van der Waals surface area (Å²) in [5.74, 6) is 0.564. The first kappa shape index (κ1) is 14.1. The van der Waals surface area contributed by atoms with Gasteiger partial charge in [0.2, 0.25) is 5.76 Å². The van der Waals surface area contributed by atoms with Crippen LogP contribution in [-0.2, 0) is 11.2 Å². The van der Waals surface area contributed by atoms with Crippen LogP contribution in [0.1, 0.15) is 28.0 Å². The van der Waals surface area contributed by atoms with Gasteiger partial charge in [0.05, 0.1) is 14.2 Å². The highest BCUT2D eigenvalue weighted by molar-refractivity contribution is 5.86. The van der Waals surface area contributed by atoms with E-state index in [1.807, 2.05) is 24.3 Å². The molecule has 1 heterocycles. The van der Waals surface area contributed by atoms with E-state index in [-0.39, 0.29) is 5.76 Å². The summed E-state index contributed by atoms with van der Waals surface area (Å²) in [7, 11) is 2.86. The van der Waals surface area contributed by atoms with E-state index in [0.717, 1.165) is 11.3 Å². The average molecular weight is 276 g/mol. The molecular weight excluding hydrogens is 260 g/mol. The monoisotopic (exact) mass is 276 g/mol. The highest BCUT2D eigenvalue weighted by Gasteiger charge is 2.17. The number of aliphatic hydroxyl groups is 1. The normalized spacial score (nSPS) is 11.9. The zero-order valence-corrected chi connectivity index (χ0v) is 11.3. The number of ether oxygens (including phenoxy) is 2. The van der Waals surface area contributed by atoms with E-state index in [1.54, 1.807) is 13.2 Å². The van der Waals surface area contributed by atoms with Crippen LogP contribution in [0.4, 0.5) is 0 Å². The van der Waals surface area contributed by atoms with Crippen molar-refractivity contribution in [2.75, 3.05) is 14.2 Å². The standard InChI is InChI=1S/C15H16O5/c1-18-11-5-3-4-10(8-11)9-12(16)13-6-7-14(20-13)15(17)19-2/h3-8,12,16H,9H2,1-2H3. The smallest absolute Gasteiger partial charge is 0.373 e. The van der Waals surface area contributed by atoms with Gasteiger partial charge in [-0.25, -0.2) is 4.79 Å². The Labute approximate surface area is 116 Å². The lowest BCUT2D eigenvalue weighted by Gasteiger charge is -2.09. The van der Waals surface area contributed by atoms with E-state index in [2.05, 4.69) is 4.74 Å². The number of methoxy groups -OCH3 is 2. The molecule has 0 aliphatic rings. The van der Waals surface area contributed by atoms with Gasteiger partial charge in [0, 0.05) is 6.42 Å². The van der Waals surface area contributed by atoms with Crippen molar-refractivity contribution in [3.8, 4) is 5.75 Å². The van der Waals surface area contributed by atoms with E-state index in [4.69, 9.17) is 9.15 Å². The Bertz CT molecular complexity index is 587. The predicted octanol–water partition coefficient (Wildman–Crippen LogP) is 2.35. The van der Waals surface area contributed by atoms with Crippen molar-refractivity contribution in [3.63, 3.8) is 0 Å². The summed E-state index contributed by atoms with van der Waals surface area (Å²) in [4.78, 5) is 11.3. The van der Waals surface area contributed by atoms with Crippen molar-refractivity contribution in [3.05, 3.63) is 53.5 Å². The molecule has 0 bridgehead atoms. The number of aliphatic hydroxyl groups excluding tert-OH is 1. The zero-order chi connectivity index (χ0) is 14.5. The van der Waals surface area contributed by atoms with Crippen LogP contribution in [0.25, 0.3) is 0 Å². The lowest BCUT2D eigenvalue weighted by molar-refractivity contribution is 0.0555. The molecule has 20 heavy (non-hydrogen) atoms. The molecule has 5 heteroatoms. The summed E-state index contributed by atoms with van der Waals surface area (Å²) in [6.07, 6.45) is -0.466. The van der Waals surface area contributed by atoms with Gasteiger partial charge in [-0.1, -0.05) is 12.1 Å². The molecule has 106 valence electrons. The molecule has 5 nitrogen and oxygen atoms in total. The quantitative estimate of drug-likeness (QED) is 0.849.